The van der Waals surface area contributed by atoms with Gasteiger partial charge in [-0.15, -0.1) is 0 Å². The van der Waals surface area contributed by atoms with Gasteiger partial charge in [0.15, 0.2) is 0 Å². The first-order chi connectivity index (χ1) is 4.06. The van der Waals surface area contributed by atoms with E-state index in [1.54, 1.807) is 0 Å². The van der Waals surface area contributed by atoms with Gasteiger partial charge in [-0.2, -0.15) is 0 Å². The van der Waals surface area contributed by atoms with E-state index in [2.05, 4.69) is 26.1 Å². The molecule has 0 amide bonds. The minimum absolute atomic E-state index is 0.157. The van der Waals surface area contributed by atoms with Gasteiger partial charge in [-0.25, -0.2) is 5.11 Å². The highest BCUT2D eigenvalue weighted by molar-refractivity contribution is 4.61. The third-order valence-electron chi connectivity index (χ3n) is 1.15. The molecule has 0 aromatic carbocycles. The van der Waals surface area contributed by atoms with Crippen molar-refractivity contribution < 1.29 is 5.11 Å². The minimum atomic E-state index is -0.157. The molecule has 2 heteroatoms. The third-order valence-corrected chi connectivity index (χ3v) is 1.15. The first kappa shape index (κ1) is 8.92. The molecular formula is C7H16NO. The predicted molar refractivity (Wildman–Crippen MR) is 37.6 cm³/mol. The van der Waals surface area contributed by atoms with Crippen molar-refractivity contribution in [1.29, 1.82) is 0 Å². The molecule has 2 nitrogen and oxygen atoms in total. The van der Waals surface area contributed by atoms with E-state index < -0.39 is 0 Å². The van der Waals surface area contributed by atoms with Crippen molar-refractivity contribution in [1.82, 2.24) is 5.32 Å². The highest BCUT2D eigenvalue weighted by Gasteiger charge is 2.07. The molecule has 0 spiro atoms. The topological polar surface area (TPSA) is 31.9 Å². The van der Waals surface area contributed by atoms with Crippen molar-refractivity contribution in [3.63, 3.8) is 0 Å². The van der Waals surface area contributed by atoms with Crippen LogP contribution in [0, 0.1) is 5.41 Å². The molecule has 0 saturated carbocycles. The molecule has 0 rings (SSSR count). The molecule has 0 aromatic heterocycles. The van der Waals surface area contributed by atoms with Crippen LogP contribution in [0.25, 0.3) is 0 Å². The van der Waals surface area contributed by atoms with E-state index in [1.807, 2.05) is 0 Å². The van der Waals surface area contributed by atoms with Crippen LogP contribution in [0.15, 0.2) is 0 Å². The molecule has 0 unspecified atom stereocenters. The number of nitrogens with one attached hydrogen (secondary N) is 1. The smallest absolute Gasteiger partial charge is 0.133 e. The third kappa shape index (κ3) is 7.92. The van der Waals surface area contributed by atoms with Crippen LogP contribution in [0.4, 0.5) is 0 Å². The Hall–Kier alpha value is -0.0800. The fraction of sp³-hybridized carbons (Fsp3) is 1.00. The van der Waals surface area contributed by atoms with Crippen molar-refractivity contribution >= 4 is 0 Å². The summed E-state index contributed by atoms with van der Waals surface area (Å²) in [5, 5.41) is 12.7. The molecule has 0 aromatic rings. The highest BCUT2D eigenvalue weighted by Crippen LogP contribution is 2.16. The van der Waals surface area contributed by atoms with Crippen molar-refractivity contribution in [2.24, 2.45) is 5.41 Å². The average Bonchev–Trinajstić information content (AvgIpc) is 1.63. The Bertz CT molecular complexity index is 65.8. The molecule has 0 atom stereocenters. The second-order valence-corrected chi connectivity index (χ2v) is 3.45. The Morgan fingerprint density at radius 3 is 2.22 bits per heavy atom. The zero-order valence-electron chi connectivity index (χ0n) is 6.53. The summed E-state index contributed by atoms with van der Waals surface area (Å²) >= 11 is 0. The number of hydrogen-bond donors (Lipinski definition) is 1. The summed E-state index contributed by atoms with van der Waals surface area (Å²) in [6.45, 7) is 7.18. The first-order valence-electron chi connectivity index (χ1n) is 3.35. The van der Waals surface area contributed by atoms with Crippen LogP contribution in [-0.2, 0) is 5.11 Å². The van der Waals surface area contributed by atoms with Crippen molar-refractivity contribution in [2.45, 2.75) is 27.2 Å². The fourth-order valence-corrected chi connectivity index (χ4v) is 0.536. The van der Waals surface area contributed by atoms with E-state index in [-0.39, 0.29) is 6.73 Å². The van der Waals surface area contributed by atoms with E-state index in [0.717, 1.165) is 13.0 Å². The normalized spacial score (nSPS) is 12.0. The lowest BCUT2D eigenvalue weighted by Gasteiger charge is -2.17. The van der Waals surface area contributed by atoms with Gasteiger partial charge in [-0.3, -0.25) is 5.32 Å². The van der Waals surface area contributed by atoms with E-state index in [0.29, 0.717) is 5.41 Å². The molecule has 0 aliphatic carbocycles. The Morgan fingerprint density at radius 1 is 1.33 bits per heavy atom. The molecule has 1 N–H and O–H groups in total. The van der Waals surface area contributed by atoms with Crippen LogP contribution in [0.5, 0.6) is 0 Å². The zero-order chi connectivity index (χ0) is 7.33. The monoisotopic (exact) mass is 130 g/mol. The number of hydrogen-bond acceptors (Lipinski definition) is 1. The molecular weight excluding hydrogens is 114 g/mol. The lowest BCUT2D eigenvalue weighted by Crippen LogP contribution is -2.20. The maximum atomic E-state index is 9.90. The predicted octanol–water partition coefficient (Wildman–Crippen LogP) is 1.40. The van der Waals surface area contributed by atoms with Gasteiger partial charge in [-0.05, 0) is 18.4 Å². The van der Waals surface area contributed by atoms with Crippen LogP contribution < -0.4 is 5.32 Å². The Labute approximate surface area is 57.3 Å². The summed E-state index contributed by atoms with van der Waals surface area (Å²) < 4.78 is 0. The van der Waals surface area contributed by atoms with Gasteiger partial charge in [0.25, 0.3) is 0 Å². The van der Waals surface area contributed by atoms with Gasteiger partial charge < -0.3 is 0 Å². The zero-order valence-corrected chi connectivity index (χ0v) is 6.53. The quantitative estimate of drug-likeness (QED) is 0.454. The summed E-state index contributed by atoms with van der Waals surface area (Å²) in [7, 11) is 0. The average molecular weight is 130 g/mol. The van der Waals surface area contributed by atoms with E-state index in [4.69, 9.17) is 0 Å². The Kier molecular flexibility index (Phi) is 3.82. The van der Waals surface area contributed by atoms with E-state index >= 15 is 0 Å². The van der Waals surface area contributed by atoms with E-state index in [9.17, 15) is 5.11 Å². The SMILES string of the molecule is CC(C)(C)CCNC[O]. The highest BCUT2D eigenvalue weighted by atomic mass is 16.3. The molecule has 0 saturated heterocycles. The Morgan fingerprint density at radius 2 is 1.89 bits per heavy atom. The minimum Gasteiger partial charge on any atom is -0.292 e. The summed E-state index contributed by atoms with van der Waals surface area (Å²) in [5.41, 5.74) is 0.349. The lowest BCUT2D eigenvalue weighted by molar-refractivity contribution is 0.163. The molecule has 0 bridgehead atoms. The van der Waals surface area contributed by atoms with Crippen LogP contribution >= 0.6 is 0 Å². The largest absolute Gasteiger partial charge is 0.292 e. The van der Waals surface area contributed by atoms with Gasteiger partial charge in [0, 0.05) is 0 Å². The second kappa shape index (κ2) is 3.85. The molecule has 0 fully saturated rings. The Balaban J connectivity index is 3.07. The van der Waals surface area contributed by atoms with Gasteiger partial charge in [0.2, 0.25) is 0 Å². The van der Waals surface area contributed by atoms with Crippen molar-refractivity contribution in [2.75, 3.05) is 13.3 Å². The molecule has 1 radical (unpaired) electrons. The van der Waals surface area contributed by atoms with Crippen LogP contribution in [0.2, 0.25) is 0 Å². The van der Waals surface area contributed by atoms with Crippen molar-refractivity contribution in [3.8, 4) is 0 Å². The van der Waals surface area contributed by atoms with Crippen LogP contribution in [-0.4, -0.2) is 13.3 Å². The van der Waals surface area contributed by atoms with Gasteiger partial charge in [0.1, 0.15) is 6.73 Å². The van der Waals surface area contributed by atoms with Crippen LogP contribution in [0.1, 0.15) is 27.2 Å². The maximum Gasteiger partial charge on any atom is 0.133 e. The first-order valence-corrected chi connectivity index (χ1v) is 3.35. The summed E-state index contributed by atoms with van der Waals surface area (Å²) in [6, 6.07) is 0. The van der Waals surface area contributed by atoms with Crippen molar-refractivity contribution in [3.05, 3.63) is 0 Å². The van der Waals surface area contributed by atoms with E-state index in [1.165, 1.54) is 0 Å². The maximum absolute atomic E-state index is 9.90. The molecule has 0 aliphatic rings. The second-order valence-electron chi connectivity index (χ2n) is 3.45. The molecule has 0 aliphatic heterocycles. The molecule has 0 heterocycles. The standard InChI is InChI=1S/C7H16NO/c1-7(2,3)4-5-8-6-9/h8H,4-6H2,1-3H3. The van der Waals surface area contributed by atoms with Gasteiger partial charge in [-0.1, -0.05) is 20.8 Å². The summed E-state index contributed by atoms with van der Waals surface area (Å²) in [6.07, 6.45) is 1.06. The van der Waals surface area contributed by atoms with Crippen LogP contribution in [0.3, 0.4) is 0 Å². The van der Waals surface area contributed by atoms with Gasteiger partial charge in [0.05, 0.1) is 0 Å². The lowest BCUT2D eigenvalue weighted by atomic mass is 9.92. The van der Waals surface area contributed by atoms with Gasteiger partial charge >= 0.3 is 0 Å². The number of rotatable bonds is 3. The summed E-state index contributed by atoms with van der Waals surface area (Å²) in [4.78, 5) is 0. The molecule has 55 valence electrons. The summed E-state index contributed by atoms with van der Waals surface area (Å²) in [5.74, 6) is 0. The fourth-order valence-electron chi connectivity index (χ4n) is 0.536. The molecule has 9 heavy (non-hydrogen) atoms.